The van der Waals surface area contributed by atoms with Crippen LogP contribution in [0.5, 0.6) is 0 Å². The Morgan fingerprint density at radius 2 is 1.84 bits per heavy atom. The lowest BCUT2D eigenvalue weighted by molar-refractivity contribution is -0.137. The number of amides is 2. The van der Waals surface area contributed by atoms with Gasteiger partial charge in [0.15, 0.2) is 0 Å². The molecule has 2 amide bonds. The number of carbonyl (C=O) groups excluding carboxylic acids is 2. The highest BCUT2D eigenvalue weighted by molar-refractivity contribution is 6.30. The minimum absolute atomic E-state index is 0.0516. The molecule has 1 aromatic rings. The number of nitrogens with two attached hydrogens (primary N) is 1. The van der Waals surface area contributed by atoms with Crippen LogP contribution in [-0.2, 0) is 9.59 Å². The maximum atomic E-state index is 11.8. The summed E-state index contributed by atoms with van der Waals surface area (Å²) in [5.74, 6) is -2.35. The largest absolute Gasteiger partial charge is 0.481 e. The predicted molar refractivity (Wildman–Crippen MR) is 68.8 cm³/mol. The van der Waals surface area contributed by atoms with Crippen LogP contribution in [-0.4, -0.2) is 28.9 Å². The molecule has 102 valence electrons. The molecule has 0 radical (unpaired) electrons. The molecule has 0 aliphatic carbocycles. The summed E-state index contributed by atoms with van der Waals surface area (Å²) in [7, 11) is 0. The topological polar surface area (TPSA) is 109 Å². The zero-order chi connectivity index (χ0) is 14.4. The lowest BCUT2D eigenvalue weighted by Gasteiger charge is -2.14. The Morgan fingerprint density at radius 1 is 1.26 bits per heavy atom. The molecule has 0 aromatic heterocycles. The normalized spacial score (nSPS) is 11.6. The van der Waals surface area contributed by atoms with E-state index in [-0.39, 0.29) is 12.8 Å². The first-order chi connectivity index (χ1) is 8.90. The molecule has 0 spiro atoms. The van der Waals surface area contributed by atoms with Gasteiger partial charge in [0.1, 0.15) is 6.04 Å². The van der Waals surface area contributed by atoms with Crippen molar-refractivity contribution in [1.82, 2.24) is 5.32 Å². The molecule has 1 atom stereocenters. The van der Waals surface area contributed by atoms with Gasteiger partial charge in [-0.2, -0.15) is 0 Å². The van der Waals surface area contributed by atoms with E-state index in [0.29, 0.717) is 10.6 Å². The smallest absolute Gasteiger partial charge is 0.303 e. The Kier molecular flexibility index (Phi) is 5.32. The van der Waals surface area contributed by atoms with Crippen molar-refractivity contribution >= 4 is 29.4 Å². The van der Waals surface area contributed by atoms with E-state index < -0.39 is 23.8 Å². The average Bonchev–Trinajstić information content (AvgIpc) is 2.34. The third-order valence-corrected chi connectivity index (χ3v) is 2.65. The second-order valence-corrected chi connectivity index (χ2v) is 4.30. The van der Waals surface area contributed by atoms with Crippen LogP contribution in [0.2, 0.25) is 5.02 Å². The Hall–Kier alpha value is -2.08. The van der Waals surface area contributed by atoms with Crippen LogP contribution in [0.25, 0.3) is 0 Å². The van der Waals surface area contributed by atoms with Gasteiger partial charge in [-0.25, -0.2) is 0 Å². The van der Waals surface area contributed by atoms with Crippen molar-refractivity contribution in [3.8, 4) is 0 Å². The standard InChI is InChI=1S/C12H13ClN2O4/c13-8-3-1-7(2-4-8)12(19)15-9(11(14)18)5-6-10(16)17/h1-4,9H,5-6H2,(H2,14,18)(H,15,19)(H,16,17)/t9-/m0/s1. The number of carboxylic acid groups (broad SMARTS) is 1. The van der Waals surface area contributed by atoms with E-state index in [1.807, 2.05) is 0 Å². The monoisotopic (exact) mass is 284 g/mol. The van der Waals surface area contributed by atoms with Crippen LogP contribution in [0, 0.1) is 0 Å². The first kappa shape index (κ1) is 15.0. The van der Waals surface area contributed by atoms with E-state index in [1.165, 1.54) is 24.3 Å². The van der Waals surface area contributed by atoms with Gasteiger partial charge in [0, 0.05) is 17.0 Å². The third-order valence-electron chi connectivity index (χ3n) is 2.40. The summed E-state index contributed by atoms with van der Waals surface area (Å²) in [4.78, 5) is 33.4. The summed E-state index contributed by atoms with van der Waals surface area (Å²) in [5, 5.41) is 11.4. The van der Waals surface area contributed by atoms with E-state index in [0.717, 1.165) is 0 Å². The van der Waals surface area contributed by atoms with Crippen LogP contribution < -0.4 is 11.1 Å². The van der Waals surface area contributed by atoms with Crippen molar-refractivity contribution in [2.75, 3.05) is 0 Å². The van der Waals surface area contributed by atoms with Crippen molar-refractivity contribution in [2.45, 2.75) is 18.9 Å². The molecule has 0 unspecified atom stereocenters. The molecule has 0 aliphatic rings. The Labute approximate surface area is 114 Å². The quantitative estimate of drug-likeness (QED) is 0.717. The second-order valence-electron chi connectivity index (χ2n) is 3.87. The molecule has 6 nitrogen and oxygen atoms in total. The highest BCUT2D eigenvalue weighted by Gasteiger charge is 2.19. The molecule has 1 aromatic carbocycles. The van der Waals surface area contributed by atoms with Gasteiger partial charge in [-0.15, -0.1) is 0 Å². The van der Waals surface area contributed by atoms with Crippen LogP contribution in [0.15, 0.2) is 24.3 Å². The van der Waals surface area contributed by atoms with Crippen LogP contribution >= 0.6 is 11.6 Å². The number of nitrogens with one attached hydrogen (secondary N) is 1. The van der Waals surface area contributed by atoms with Crippen LogP contribution in [0.1, 0.15) is 23.2 Å². The summed E-state index contributed by atoms with van der Waals surface area (Å²) in [6, 6.07) is 5.04. The summed E-state index contributed by atoms with van der Waals surface area (Å²) in [6.45, 7) is 0. The predicted octanol–water partition coefficient (Wildman–Crippen LogP) is 0.788. The van der Waals surface area contributed by atoms with Crippen LogP contribution in [0.3, 0.4) is 0 Å². The Morgan fingerprint density at radius 3 is 2.32 bits per heavy atom. The minimum atomic E-state index is -1.06. The van der Waals surface area contributed by atoms with Crippen molar-refractivity contribution in [3.63, 3.8) is 0 Å². The van der Waals surface area contributed by atoms with Crippen molar-refractivity contribution in [2.24, 2.45) is 5.73 Å². The van der Waals surface area contributed by atoms with Gasteiger partial charge in [0.25, 0.3) is 5.91 Å². The number of hydrogen-bond donors (Lipinski definition) is 3. The number of benzene rings is 1. The summed E-state index contributed by atoms with van der Waals surface area (Å²) in [6.07, 6.45) is -0.307. The highest BCUT2D eigenvalue weighted by atomic mass is 35.5. The fraction of sp³-hybridized carbons (Fsp3) is 0.250. The Bertz CT molecular complexity index is 487. The van der Waals surface area contributed by atoms with E-state index >= 15 is 0 Å². The fourth-order valence-electron chi connectivity index (χ4n) is 1.40. The van der Waals surface area contributed by atoms with E-state index in [4.69, 9.17) is 22.4 Å². The van der Waals surface area contributed by atoms with Crippen molar-refractivity contribution in [1.29, 1.82) is 0 Å². The van der Waals surface area contributed by atoms with Gasteiger partial charge in [0.2, 0.25) is 5.91 Å². The molecule has 0 bridgehead atoms. The maximum absolute atomic E-state index is 11.8. The molecule has 1 rings (SSSR count). The van der Waals surface area contributed by atoms with Gasteiger partial charge < -0.3 is 16.2 Å². The SMILES string of the molecule is NC(=O)[C@H](CCC(=O)O)NC(=O)c1ccc(Cl)cc1. The number of halogens is 1. The maximum Gasteiger partial charge on any atom is 0.303 e. The third kappa shape index (κ3) is 4.97. The number of aliphatic carboxylic acids is 1. The number of carboxylic acids is 1. The van der Waals surface area contributed by atoms with Gasteiger partial charge in [0.05, 0.1) is 0 Å². The lowest BCUT2D eigenvalue weighted by Crippen LogP contribution is -2.44. The minimum Gasteiger partial charge on any atom is -0.481 e. The fourth-order valence-corrected chi connectivity index (χ4v) is 1.52. The number of carbonyl (C=O) groups is 3. The molecule has 19 heavy (non-hydrogen) atoms. The van der Waals surface area contributed by atoms with E-state index in [1.54, 1.807) is 0 Å². The molecule has 0 aliphatic heterocycles. The van der Waals surface area contributed by atoms with Crippen LogP contribution in [0.4, 0.5) is 0 Å². The average molecular weight is 285 g/mol. The first-order valence-corrected chi connectivity index (χ1v) is 5.85. The molecule has 0 saturated heterocycles. The number of rotatable bonds is 6. The molecular formula is C12H13ClN2O4. The van der Waals surface area contributed by atoms with E-state index in [9.17, 15) is 14.4 Å². The highest BCUT2D eigenvalue weighted by Crippen LogP contribution is 2.10. The molecule has 7 heteroatoms. The number of hydrogen-bond acceptors (Lipinski definition) is 3. The molecule has 0 heterocycles. The summed E-state index contributed by atoms with van der Waals surface area (Å²) < 4.78 is 0. The summed E-state index contributed by atoms with van der Waals surface area (Å²) >= 11 is 5.69. The molecule has 0 saturated carbocycles. The second kappa shape index (κ2) is 6.75. The molecule has 0 fully saturated rings. The first-order valence-electron chi connectivity index (χ1n) is 5.47. The summed E-state index contributed by atoms with van der Waals surface area (Å²) in [5.41, 5.74) is 5.42. The molecular weight excluding hydrogens is 272 g/mol. The van der Waals surface area contributed by atoms with Crippen molar-refractivity contribution in [3.05, 3.63) is 34.9 Å². The van der Waals surface area contributed by atoms with E-state index in [2.05, 4.69) is 5.32 Å². The molecule has 4 N–H and O–H groups in total. The zero-order valence-corrected chi connectivity index (χ0v) is 10.7. The van der Waals surface area contributed by atoms with Crippen molar-refractivity contribution < 1.29 is 19.5 Å². The lowest BCUT2D eigenvalue weighted by atomic mass is 10.1. The Balaban J connectivity index is 2.68. The van der Waals surface area contributed by atoms with Gasteiger partial charge in [-0.05, 0) is 30.7 Å². The number of primary amides is 1. The van der Waals surface area contributed by atoms with Gasteiger partial charge >= 0.3 is 5.97 Å². The zero-order valence-electron chi connectivity index (χ0n) is 9.93. The van der Waals surface area contributed by atoms with Gasteiger partial charge in [-0.3, -0.25) is 14.4 Å². The van der Waals surface area contributed by atoms with Gasteiger partial charge in [-0.1, -0.05) is 11.6 Å².